The van der Waals surface area contributed by atoms with Gasteiger partial charge in [0.15, 0.2) is 0 Å². The van der Waals surface area contributed by atoms with Crippen LogP contribution >= 0.6 is 0 Å². The molecule has 0 spiro atoms. The monoisotopic (exact) mass is 275 g/mol. The van der Waals surface area contributed by atoms with Crippen LogP contribution in [0.1, 0.15) is 40.5 Å². The summed E-state index contributed by atoms with van der Waals surface area (Å²) in [5.74, 6) is -3.22. The number of hydrogen-bond acceptors (Lipinski definition) is 6. The number of hydrogen-bond donors (Lipinski definition) is 2. The minimum absolute atomic E-state index is 0.177. The van der Waals surface area contributed by atoms with Crippen molar-refractivity contribution < 1.29 is 29.0 Å². The molecule has 1 unspecified atom stereocenters. The van der Waals surface area contributed by atoms with Crippen molar-refractivity contribution in [3.63, 3.8) is 0 Å². The number of esters is 2. The van der Waals surface area contributed by atoms with E-state index in [2.05, 4.69) is 4.74 Å². The van der Waals surface area contributed by atoms with Crippen LogP contribution in [0.2, 0.25) is 0 Å². The number of ether oxygens (including phenoxy) is 2. The molecule has 0 aromatic heterocycles. The van der Waals surface area contributed by atoms with E-state index in [1.165, 1.54) is 0 Å². The molecule has 0 radical (unpaired) electrons. The van der Waals surface area contributed by atoms with Crippen LogP contribution in [0.25, 0.3) is 0 Å². The lowest BCUT2D eigenvalue weighted by Crippen LogP contribution is -2.57. The summed E-state index contributed by atoms with van der Waals surface area (Å²) in [5, 5.41) is 9.06. The maximum Gasteiger partial charge on any atom is 0.338 e. The Hall–Kier alpha value is -1.63. The molecule has 0 aliphatic heterocycles. The molecule has 0 heterocycles. The first-order chi connectivity index (χ1) is 8.53. The van der Waals surface area contributed by atoms with Crippen molar-refractivity contribution in [2.24, 2.45) is 5.73 Å². The Morgan fingerprint density at radius 3 is 2.11 bits per heavy atom. The molecule has 0 aliphatic carbocycles. The maximum atomic E-state index is 11.8. The Balaban J connectivity index is 4.81. The molecular formula is C12H21NO6. The molecule has 0 fully saturated rings. The van der Waals surface area contributed by atoms with Crippen molar-refractivity contribution >= 4 is 17.9 Å². The zero-order valence-corrected chi connectivity index (χ0v) is 11.7. The van der Waals surface area contributed by atoms with Crippen LogP contribution in [0.5, 0.6) is 0 Å². The molecule has 0 saturated carbocycles. The summed E-state index contributed by atoms with van der Waals surface area (Å²) < 4.78 is 9.62. The van der Waals surface area contributed by atoms with Gasteiger partial charge in [-0.05, 0) is 34.1 Å². The average molecular weight is 275 g/mol. The van der Waals surface area contributed by atoms with Gasteiger partial charge in [0.2, 0.25) is 5.54 Å². The Morgan fingerprint density at radius 1 is 1.21 bits per heavy atom. The molecule has 0 aromatic carbocycles. The van der Waals surface area contributed by atoms with Gasteiger partial charge in [0.1, 0.15) is 5.60 Å². The van der Waals surface area contributed by atoms with E-state index in [4.69, 9.17) is 15.6 Å². The fourth-order valence-corrected chi connectivity index (χ4v) is 1.20. The summed E-state index contributed by atoms with van der Waals surface area (Å²) in [4.78, 5) is 34.2. The van der Waals surface area contributed by atoms with Crippen LogP contribution in [-0.4, -0.2) is 40.8 Å². The lowest BCUT2D eigenvalue weighted by Gasteiger charge is -2.27. The average Bonchev–Trinajstić information content (AvgIpc) is 2.23. The van der Waals surface area contributed by atoms with E-state index in [1.54, 1.807) is 27.7 Å². The summed E-state index contributed by atoms with van der Waals surface area (Å²) in [6.45, 7) is 6.59. The molecule has 19 heavy (non-hydrogen) atoms. The third kappa shape index (κ3) is 5.69. The highest BCUT2D eigenvalue weighted by Crippen LogP contribution is 2.18. The first-order valence-electron chi connectivity index (χ1n) is 5.94. The van der Waals surface area contributed by atoms with Gasteiger partial charge in [-0.1, -0.05) is 0 Å². The second-order valence-corrected chi connectivity index (χ2v) is 5.08. The number of aliphatic carboxylic acids is 1. The van der Waals surface area contributed by atoms with Crippen LogP contribution in [-0.2, 0) is 23.9 Å². The first-order valence-corrected chi connectivity index (χ1v) is 5.94. The van der Waals surface area contributed by atoms with Crippen molar-refractivity contribution in [2.45, 2.75) is 51.7 Å². The van der Waals surface area contributed by atoms with E-state index < -0.39 is 29.0 Å². The van der Waals surface area contributed by atoms with E-state index in [0.29, 0.717) is 0 Å². The summed E-state index contributed by atoms with van der Waals surface area (Å²) >= 11 is 0. The molecule has 3 N–H and O–H groups in total. The Bertz CT molecular complexity index is 360. The van der Waals surface area contributed by atoms with Crippen molar-refractivity contribution in [1.29, 1.82) is 0 Å². The number of carboxylic acid groups (broad SMARTS) is 1. The SMILES string of the molecule is CCOC(=O)CCC(N)(C(=O)O)C(=O)OC(C)(C)C. The van der Waals surface area contributed by atoms with Gasteiger partial charge in [0, 0.05) is 6.42 Å². The van der Waals surface area contributed by atoms with Gasteiger partial charge < -0.3 is 20.3 Å². The molecule has 110 valence electrons. The molecule has 0 aliphatic rings. The maximum absolute atomic E-state index is 11.8. The molecule has 1 atom stereocenters. The third-order valence-electron chi connectivity index (χ3n) is 2.17. The lowest BCUT2D eigenvalue weighted by atomic mass is 9.94. The van der Waals surface area contributed by atoms with Crippen molar-refractivity contribution in [2.75, 3.05) is 6.61 Å². The number of nitrogens with two attached hydrogens (primary N) is 1. The fourth-order valence-electron chi connectivity index (χ4n) is 1.20. The van der Waals surface area contributed by atoms with Gasteiger partial charge in [0.25, 0.3) is 0 Å². The molecule has 0 rings (SSSR count). The van der Waals surface area contributed by atoms with Crippen LogP contribution in [0.15, 0.2) is 0 Å². The molecule has 0 bridgehead atoms. The zero-order valence-electron chi connectivity index (χ0n) is 11.7. The number of carbonyl (C=O) groups excluding carboxylic acids is 2. The predicted octanol–water partition coefficient (Wildman–Crippen LogP) is 0.454. The first kappa shape index (κ1) is 17.4. The Kier molecular flexibility index (Phi) is 5.95. The van der Waals surface area contributed by atoms with Gasteiger partial charge in [-0.15, -0.1) is 0 Å². The molecule has 7 nitrogen and oxygen atoms in total. The van der Waals surface area contributed by atoms with Gasteiger partial charge in [0.05, 0.1) is 6.61 Å². The largest absolute Gasteiger partial charge is 0.479 e. The van der Waals surface area contributed by atoms with E-state index in [1.807, 2.05) is 0 Å². The quantitative estimate of drug-likeness (QED) is 0.534. The highest BCUT2D eigenvalue weighted by Gasteiger charge is 2.45. The second-order valence-electron chi connectivity index (χ2n) is 5.08. The standard InChI is InChI=1S/C12H21NO6/c1-5-18-8(14)6-7-12(13,9(15)16)10(17)19-11(2,3)4/h5-7,13H2,1-4H3,(H,15,16). The molecule has 0 aromatic rings. The van der Waals surface area contributed by atoms with Crippen LogP contribution < -0.4 is 5.73 Å². The molecule has 0 saturated heterocycles. The normalized spacial score (nSPS) is 14.4. The third-order valence-corrected chi connectivity index (χ3v) is 2.17. The minimum atomic E-state index is -2.25. The number of rotatable bonds is 6. The zero-order chi connectivity index (χ0) is 15.3. The second kappa shape index (κ2) is 6.51. The van der Waals surface area contributed by atoms with Gasteiger partial charge in [-0.2, -0.15) is 0 Å². The molecular weight excluding hydrogens is 254 g/mol. The fraction of sp³-hybridized carbons (Fsp3) is 0.750. The van der Waals surface area contributed by atoms with Crippen LogP contribution in [0.4, 0.5) is 0 Å². The van der Waals surface area contributed by atoms with Gasteiger partial charge in [-0.25, -0.2) is 9.59 Å². The summed E-state index contributed by atoms with van der Waals surface area (Å²) in [5.41, 5.74) is 2.44. The topological polar surface area (TPSA) is 116 Å². The minimum Gasteiger partial charge on any atom is -0.479 e. The molecule has 7 heteroatoms. The van der Waals surface area contributed by atoms with Crippen LogP contribution in [0, 0.1) is 0 Å². The van der Waals surface area contributed by atoms with E-state index in [0.717, 1.165) is 0 Å². The smallest absolute Gasteiger partial charge is 0.338 e. The number of carboxylic acids is 1. The van der Waals surface area contributed by atoms with Crippen molar-refractivity contribution in [3.8, 4) is 0 Å². The number of carbonyl (C=O) groups is 3. The predicted molar refractivity (Wildman–Crippen MR) is 66.3 cm³/mol. The summed E-state index contributed by atoms with van der Waals surface area (Å²) in [7, 11) is 0. The van der Waals surface area contributed by atoms with Crippen LogP contribution in [0.3, 0.4) is 0 Å². The lowest BCUT2D eigenvalue weighted by molar-refractivity contribution is -0.169. The van der Waals surface area contributed by atoms with Crippen molar-refractivity contribution in [3.05, 3.63) is 0 Å². The summed E-state index contributed by atoms with van der Waals surface area (Å²) in [6.07, 6.45) is -0.647. The van der Waals surface area contributed by atoms with Gasteiger partial charge in [-0.3, -0.25) is 4.79 Å². The Morgan fingerprint density at radius 2 is 1.74 bits per heavy atom. The van der Waals surface area contributed by atoms with Crippen molar-refractivity contribution in [1.82, 2.24) is 0 Å². The molecule has 0 amide bonds. The highest BCUT2D eigenvalue weighted by atomic mass is 16.6. The van der Waals surface area contributed by atoms with E-state index in [9.17, 15) is 14.4 Å². The Labute approximate surface area is 112 Å². The highest BCUT2D eigenvalue weighted by molar-refractivity contribution is 6.04. The van der Waals surface area contributed by atoms with E-state index >= 15 is 0 Å². The van der Waals surface area contributed by atoms with E-state index in [-0.39, 0.29) is 19.4 Å². The van der Waals surface area contributed by atoms with Gasteiger partial charge >= 0.3 is 17.9 Å². The summed E-state index contributed by atoms with van der Waals surface area (Å²) in [6, 6.07) is 0.